The van der Waals surface area contributed by atoms with Gasteiger partial charge in [-0.05, 0) is 48.9 Å². The molecule has 4 N–H and O–H groups in total. The van der Waals surface area contributed by atoms with Gasteiger partial charge in [-0.3, -0.25) is 14.7 Å². The van der Waals surface area contributed by atoms with Crippen molar-refractivity contribution in [3.8, 4) is 12.1 Å². The van der Waals surface area contributed by atoms with E-state index < -0.39 is 0 Å². The van der Waals surface area contributed by atoms with Crippen molar-refractivity contribution in [2.24, 2.45) is 21.5 Å². The van der Waals surface area contributed by atoms with Gasteiger partial charge in [0.1, 0.15) is 6.17 Å². The SMILES string of the molecule is N#Cc1ccccc1CN1C(=O)N2CCOCC2N=C1N1CCC[C@@H](N)C1.N#Cc1ccccc1CN1C(=O)N2CCSCC2N=C1N1CCC[C@@H](N)C1. The smallest absolute Gasteiger partial charge is 0.328 e. The largest absolute Gasteiger partial charge is 0.375 e. The Hall–Kier alpha value is -4.87. The maximum absolute atomic E-state index is 13.3. The minimum atomic E-state index is -0.290. The summed E-state index contributed by atoms with van der Waals surface area (Å²) < 4.78 is 5.53. The molecule has 0 radical (unpaired) electrons. The number of hydrogen-bond donors (Lipinski definition) is 2. The fourth-order valence-electron chi connectivity index (χ4n) is 7.77. The normalized spacial score (nSPS) is 25.7. The molecule has 2 aromatic rings. The van der Waals surface area contributed by atoms with Crippen molar-refractivity contribution < 1.29 is 14.3 Å². The molecule has 6 aliphatic heterocycles. The van der Waals surface area contributed by atoms with Crippen molar-refractivity contribution >= 4 is 35.7 Å². The van der Waals surface area contributed by atoms with Crippen LogP contribution in [0.3, 0.4) is 0 Å². The highest BCUT2D eigenvalue weighted by atomic mass is 32.2. The summed E-state index contributed by atoms with van der Waals surface area (Å²) in [7, 11) is 0. The summed E-state index contributed by atoms with van der Waals surface area (Å²) >= 11 is 1.84. The van der Waals surface area contributed by atoms with Gasteiger partial charge in [-0.15, -0.1) is 0 Å². The number of likely N-dealkylation sites (tertiary alicyclic amines) is 2. The molecule has 4 amide bonds. The van der Waals surface area contributed by atoms with Gasteiger partial charge in [0.15, 0.2) is 6.17 Å². The molecule has 6 aliphatic rings. The van der Waals surface area contributed by atoms with Crippen molar-refractivity contribution in [3.05, 3.63) is 70.8 Å². The van der Waals surface area contributed by atoms with Crippen LogP contribution in [0.1, 0.15) is 47.9 Å². The van der Waals surface area contributed by atoms with E-state index in [9.17, 15) is 20.1 Å². The molecule has 15 nitrogen and oxygen atoms in total. The van der Waals surface area contributed by atoms with Crippen LogP contribution in [0, 0.1) is 22.7 Å². The van der Waals surface area contributed by atoms with E-state index in [1.165, 1.54) is 0 Å². The Morgan fingerprint density at radius 3 is 1.80 bits per heavy atom. The molecular formula is C38H48N12O3S. The lowest BCUT2D eigenvalue weighted by atomic mass is 10.1. The predicted octanol–water partition coefficient (Wildman–Crippen LogP) is 2.58. The second kappa shape index (κ2) is 17.1. The molecule has 16 heteroatoms. The highest BCUT2D eigenvalue weighted by Gasteiger charge is 2.41. The van der Waals surface area contributed by atoms with Crippen LogP contribution >= 0.6 is 11.8 Å². The lowest BCUT2D eigenvalue weighted by molar-refractivity contribution is 0.00268. The molecule has 0 bridgehead atoms. The first kappa shape index (κ1) is 37.4. The Balaban J connectivity index is 0.000000167. The predicted molar refractivity (Wildman–Crippen MR) is 206 cm³/mol. The van der Waals surface area contributed by atoms with Crippen molar-refractivity contribution in [1.29, 1.82) is 10.5 Å². The zero-order valence-electron chi connectivity index (χ0n) is 30.5. The highest BCUT2D eigenvalue weighted by molar-refractivity contribution is 7.99. The summed E-state index contributed by atoms with van der Waals surface area (Å²) in [5.41, 5.74) is 15.2. The summed E-state index contributed by atoms with van der Waals surface area (Å²) in [5.74, 6) is 3.13. The number of amides is 4. The van der Waals surface area contributed by atoms with E-state index in [1.807, 2.05) is 53.1 Å². The van der Waals surface area contributed by atoms with Crippen molar-refractivity contribution in [1.82, 2.24) is 29.4 Å². The summed E-state index contributed by atoms with van der Waals surface area (Å²) in [6.45, 7) is 5.90. The fourth-order valence-corrected chi connectivity index (χ4v) is 8.73. The van der Waals surface area contributed by atoms with Crippen LogP contribution in [0.4, 0.5) is 9.59 Å². The average molecular weight is 753 g/mol. The van der Waals surface area contributed by atoms with Gasteiger partial charge in [-0.2, -0.15) is 22.3 Å². The number of urea groups is 2. The second-order valence-corrected chi connectivity index (χ2v) is 15.5. The molecule has 2 unspecified atom stereocenters. The van der Waals surface area contributed by atoms with Gasteiger partial charge in [-0.1, -0.05) is 36.4 Å². The zero-order chi connectivity index (χ0) is 37.6. The lowest BCUT2D eigenvalue weighted by Gasteiger charge is -2.45. The van der Waals surface area contributed by atoms with Crippen LogP contribution in [0.5, 0.6) is 0 Å². The number of nitrogens with zero attached hydrogens (tertiary/aromatic N) is 10. The summed E-state index contributed by atoms with van der Waals surface area (Å²) in [4.78, 5) is 47.7. The van der Waals surface area contributed by atoms with Crippen molar-refractivity contribution in [3.63, 3.8) is 0 Å². The topological polar surface area (TPSA) is 187 Å². The number of fused-ring (bicyclic) bond motifs is 2. The van der Waals surface area contributed by atoms with Crippen molar-refractivity contribution in [2.45, 2.75) is 63.2 Å². The van der Waals surface area contributed by atoms with E-state index in [0.717, 1.165) is 61.4 Å². The number of carbonyl (C=O) groups excluding carboxylic acids is 2. The molecule has 4 fully saturated rings. The zero-order valence-corrected chi connectivity index (χ0v) is 31.3. The first-order chi connectivity index (χ1) is 26.3. The van der Waals surface area contributed by atoms with Gasteiger partial charge in [0.05, 0.1) is 49.6 Å². The number of piperidine rings is 2. The molecule has 4 atom stereocenters. The van der Waals surface area contributed by atoms with Crippen LogP contribution in [-0.4, -0.2) is 142 Å². The number of nitrogens with two attached hydrogens (primary N) is 2. The molecule has 0 spiro atoms. The lowest BCUT2D eigenvalue weighted by Crippen LogP contribution is -2.63. The first-order valence-electron chi connectivity index (χ1n) is 18.8. The van der Waals surface area contributed by atoms with Gasteiger partial charge in [-0.25, -0.2) is 19.6 Å². The molecule has 0 saturated carbocycles. The maximum atomic E-state index is 13.3. The Bertz CT molecular complexity index is 1710. The minimum Gasteiger partial charge on any atom is -0.375 e. The third-order valence-corrected chi connectivity index (χ3v) is 11.6. The number of morpholine rings is 1. The molecular weight excluding hydrogens is 705 g/mol. The Morgan fingerprint density at radius 1 is 0.741 bits per heavy atom. The van der Waals surface area contributed by atoms with Gasteiger partial charge < -0.3 is 30.9 Å². The molecule has 4 saturated heterocycles. The van der Waals surface area contributed by atoms with E-state index in [1.54, 1.807) is 26.8 Å². The minimum absolute atomic E-state index is 0.0165. The molecule has 2 aromatic carbocycles. The molecule has 0 aliphatic carbocycles. The van der Waals surface area contributed by atoms with E-state index in [-0.39, 0.29) is 36.5 Å². The van der Waals surface area contributed by atoms with Crippen molar-refractivity contribution in [2.75, 3.05) is 64.0 Å². The number of hydrogen-bond acceptors (Lipinski definition) is 12. The summed E-state index contributed by atoms with van der Waals surface area (Å²) in [6, 6.07) is 19.3. The Kier molecular flexibility index (Phi) is 11.8. The van der Waals surface area contributed by atoms with E-state index >= 15 is 0 Å². The Morgan fingerprint density at radius 2 is 1.26 bits per heavy atom. The first-order valence-corrected chi connectivity index (χ1v) is 19.9. The van der Waals surface area contributed by atoms with Gasteiger partial charge in [0.25, 0.3) is 0 Å². The number of nitriles is 2. The number of aliphatic imine (C=N–C) groups is 2. The number of ether oxygens (including phenoxy) is 1. The molecule has 54 heavy (non-hydrogen) atoms. The third-order valence-electron chi connectivity index (χ3n) is 10.6. The summed E-state index contributed by atoms with van der Waals surface area (Å²) in [5, 5.41) is 18.8. The highest BCUT2D eigenvalue weighted by Crippen LogP contribution is 2.28. The summed E-state index contributed by atoms with van der Waals surface area (Å²) in [6.07, 6.45) is 3.56. The van der Waals surface area contributed by atoms with E-state index in [2.05, 4.69) is 21.9 Å². The quantitative estimate of drug-likeness (QED) is 0.470. The van der Waals surface area contributed by atoms with Gasteiger partial charge in [0.2, 0.25) is 11.9 Å². The average Bonchev–Trinajstić information content (AvgIpc) is 3.20. The standard InChI is InChI=1S/C19H24N6O2.C19H24N6OS/c2*20-10-14-4-1-2-5-15(14)11-25-18(23-7-3-6-16(21)12-23)22-17-13-27-9-8-24(17)19(25)26/h2*1-2,4-5,16-17H,3,6-9,11-13,21H2/t2*16-,17?/m11/s1. The number of rotatable bonds is 4. The number of thioether (sulfide) groups is 1. The number of carbonyl (C=O) groups is 2. The molecule has 8 rings (SSSR count). The second-order valence-electron chi connectivity index (χ2n) is 14.3. The fraction of sp³-hybridized carbons (Fsp3) is 0.526. The molecule has 6 heterocycles. The van der Waals surface area contributed by atoms with E-state index in [0.29, 0.717) is 75.5 Å². The van der Waals surface area contributed by atoms with Gasteiger partial charge >= 0.3 is 12.1 Å². The number of guanidine groups is 2. The monoisotopic (exact) mass is 752 g/mol. The Labute approximate surface area is 320 Å². The third kappa shape index (κ3) is 8.12. The maximum Gasteiger partial charge on any atom is 0.328 e. The van der Waals surface area contributed by atoms with E-state index in [4.69, 9.17) is 26.2 Å². The van der Waals surface area contributed by atoms with Crippen LogP contribution in [-0.2, 0) is 17.8 Å². The van der Waals surface area contributed by atoms with Crippen LogP contribution in [0.15, 0.2) is 58.5 Å². The van der Waals surface area contributed by atoms with Crippen LogP contribution in [0.25, 0.3) is 0 Å². The molecule has 0 aromatic heterocycles. The van der Waals surface area contributed by atoms with Crippen LogP contribution in [0.2, 0.25) is 0 Å². The number of benzene rings is 2. The van der Waals surface area contributed by atoms with Gasteiger partial charge in [0, 0.05) is 62.9 Å². The van der Waals surface area contributed by atoms with Crippen LogP contribution < -0.4 is 11.5 Å². The molecule has 284 valence electrons.